The van der Waals surface area contributed by atoms with E-state index in [9.17, 15) is 18.0 Å². The van der Waals surface area contributed by atoms with Gasteiger partial charge in [-0.2, -0.15) is 0 Å². The van der Waals surface area contributed by atoms with Crippen LogP contribution in [0.4, 0.5) is 11.4 Å². The van der Waals surface area contributed by atoms with Crippen LogP contribution in [0.5, 0.6) is 0 Å². The Morgan fingerprint density at radius 3 is 2.34 bits per heavy atom. The summed E-state index contributed by atoms with van der Waals surface area (Å²) in [5, 5.41) is 0.161. The SMILES string of the molecule is Cc1ccc(C)c(N(C)S(=O)(=O)c2ccc3[nH]cc(C(=O)N4CCN(c5ccccc5)CC4)c(=O)c3c2)c1. The largest absolute Gasteiger partial charge is 0.368 e. The number of aryl methyl sites for hydroxylation is 2. The lowest BCUT2D eigenvalue weighted by Crippen LogP contribution is -2.49. The molecule has 0 spiro atoms. The number of piperazine rings is 1. The molecule has 0 bridgehead atoms. The molecule has 0 radical (unpaired) electrons. The van der Waals surface area contributed by atoms with Gasteiger partial charge in [0.2, 0.25) is 5.43 Å². The van der Waals surface area contributed by atoms with Gasteiger partial charge in [0, 0.05) is 56.0 Å². The van der Waals surface area contributed by atoms with Crippen molar-refractivity contribution in [3.05, 3.63) is 99.8 Å². The van der Waals surface area contributed by atoms with Gasteiger partial charge in [-0.25, -0.2) is 8.42 Å². The van der Waals surface area contributed by atoms with Crippen molar-refractivity contribution < 1.29 is 13.2 Å². The Labute approximate surface area is 222 Å². The lowest BCUT2D eigenvalue weighted by molar-refractivity contribution is 0.0745. The van der Waals surface area contributed by atoms with Crippen molar-refractivity contribution >= 4 is 38.2 Å². The maximum absolute atomic E-state index is 13.5. The highest BCUT2D eigenvalue weighted by molar-refractivity contribution is 7.92. The molecule has 5 rings (SSSR count). The fourth-order valence-corrected chi connectivity index (χ4v) is 6.12. The number of H-pyrrole nitrogens is 1. The van der Waals surface area contributed by atoms with E-state index in [0.717, 1.165) is 16.8 Å². The normalized spacial score (nSPS) is 14.1. The van der Waals surface area contributed by atoms with Gasteiger partial charge >= 0.3 is 0 Å². The number of anilines is 2. The van der Waals surface area contributed by atoms with Crippen molar-refractivity contribution in [2.75, 3.05) is 42.4 Å². The number of hydrogen-bond donors (Lipinski definition) is 1. The second-order valence-corrected chi connectivity index (χ2v) is 11.6. The molecule has 1 aliphatic rings. The van der Waals surface area contributed by atoms with E-state index in [1.807, 2.05) is 62.4 Å². The number of carbonyl (C=O) groups is 1. The van der Waals surface area contributed by atoms with E-state index in [4.69, 9.17) is 0 Å². The molecular formula is C29H30N4O4S. The van der Waals surface area contributed by atoms with Crippen LogP contribution in [0.15, 0.2) is 82.6 Å². The van der Waals surface area contributed by atoms with Gasteiger partial charge in [-0.15, -0.1) is 0 Å². The molecular weight excluding hydrogens is 500 g/mol. The number of aromatic nitrogens is 1. The topological polar surface area (TPSA) is 93.8 Å². The molecule has 1 saturated heterocycles. The molecule has 3 aromatic carbocycles. The van der Waals surface area contributed by atoms with E-state index in [2.05, 4.69) is 9.88 Å². The van der Waals surface area contributed by atoms with E-state index in [-0.39, 0.29) is 21.8 Å². The standard InChI is InChI=1S/C29H30N4O4S/c1-20-9-10-21(2)27(17-20)31(3)38(36,37)23-11-12-26-24(18-23)28(34)25(19-30-26)29(35)33-15-13-32(14-16-33)22-7-5-4-6-8-22/h4-12,17-19H,13-16H2,1-3H3,(H,30,34). The van der Waals surface area contributed by atoms with Gasteiger partial charge in [-0.3, -0.25) is 13.9 Å². The minimum atomic E-state index is -3.95. The molecule has 1 aliphatic heterocycles. The summed E-state index contributed by atoms with van der Waals surface area (Å²) in [6.07, 6.45) is 1.42. The summed E-state index contributed by atoms with van der Waals surface area (Å²) in [5.41, 5.74) is 3.41. The van der Waals surface area contributed by atoms with E-state index in [1.54, 1.807) is 11.0 Å². The maximum atomic E-state index is 13.5. The van der Waals surface area contributed by atoms with Crippen molar-refractivity contribution in [1.82, 2.24) is 9.88 Å². The number of rotatable bonds is 5. The number of benzene rings is 3. The maximum Gasteiger partial charge on any atom is 0.264 e. The number of nitrogens with one attached hydrogen (secondary N) is 1. The Hall–Kier alpha value is -4.11. The number of para-hydroxylation sites is 1. The number of carbonyl (C=O) groups excluding carboxylic acids is 1. The predicted molar refractivity (Wildman–Crippen MR) is 151 cm³/mol. The molecule has 0 atom stereocenters. The molecule has 1 N–H and O–H groups in total. The summed E-state index contributed by atoms with van der Waals surface area (Å²) >= 11 is 0. The average Bonchev–Trinajstić information content (AvgIpc) is 2.94. The van der Waals surface area contributed by atoms with Crippen LogP contribution in [-0.4, -0.2) is 57.4 Å². The summed E-state index contributed by atoms with van der Waals surface area (Å²) in [6, 6.07) is 20.0. The van der Waals surface area contributed by atoms with Crippen molar-refractivity contribution in [3.63, 3.8) is 0 Å². The van der Waals surface area contributed by atoms with Crippen molar-refractivity contribution in [2.24, 2.45) is 0 Å². The molecule has 2 heterocycles. The van der Waals surface area contributed by atoms with Gasteiger partial charge in [0.05, 0.1) is 10.6 Å². The van der Waals surface area contributed by atoms with Crippen LogP contribution in [0.25, 0.3) is 10.9 Å². The monoisotopic (exact) mass is 530 g/mol. The predicted octanol–water partition coefficient (Wildman–Crippen LogP) is 3.93. The van der Waals surface area contributed by atoms with Crippen LogP contribution in [0.3, 0.4) is 0 Å². The first-order valence-corrected chi connectivity index (χ1v) is 13.9. The van der Waals surface area contributed by atoms with Crippen LogP contribution >= 0.6 is 0 Å². The summed E-state index contributed by atoms with van der Waals surface area (Å²) in [4.78, 5) is 33.6. The van der Waals surface area contributed by atoms with Crippen LogP contribution in [-0.2, 0) is 10.0 Å². The quantitative estimate of drug-likeness (QED) is 0.422. The molecule has 1 fully saturated rings. The Bertz CT molecular complexity index is 1670. The number of pyridine rings is 1. The third-order valence-electron chi connectivity index (χ3n) is 7.13. The summed E-state index contributed by atoms with van der Waals surface area (Å²) in [7, 11) is -2.45. The zero-order chi connectivity index (χ0) is 27.0. The fraction of sp³-hybridized carbons (Fsp3) is 0.241. The number of hydrogen-bond acceptors (Lipinski definition) is 5. The smallest absolute Gasteiger partial charge is 0.264 e. The number of fused-ring (bicyclic) bond motifs is 1. The van der Waals surface area contributed by atoms with Gasteiger partial charge in [0.1, 0.15) is 5.56 Å². The van der Waals surface area contributed by atoms with Crippen molar-refractivity contribution in [1.29, 1.82) is 0 Å². The molecule has 0 unspecified atom stereocenters. The average molecular weight is 531 g/mol. The lowest BCUT2D eigenvalue weighted by atomic mass is 10.1. The molecule has 8 nitrogen and oxygen atoms in total. The molecule has 0 aliphatic carbocycles. The first-order valence-electron chi connectivity index (χ1n) is 12.5. The summed E-state index contributed by atoms with van der Waals surface area (Å²) in [6.45, 7) is 6.05. The molecule has 1 amide bonds. The number of sulfonamides is 1. The molecule has 0 saturated carbocycles. The fourth-order valence-electron chi connectivity index (χ4n) is 4.84. The molecule has 4 aromatic rings. The van der Waals surface area contributed by atoms with Gasteiger partial charge in [-0.05, 0) is 61.4 Å². The van der Waals surface area contributed by atoms with Gasteiger partial charge < -0.3 is 14.8 Å². The number of aromatic amines is 1. The number of amides is 1. The first kappa shape index (κ1) is 25.5. The highest BCUT2D eigenvalue weighted by Gasteiger charge is 2.26. The minimum Gasteiger partial charge on any atom is -0.368 e. The Balaban J connectivity index is 1.43. The van der Waals surface area contributed by atoms with Crippen LogP contribution in [0.1, 0.15) is 21.5 Å². The van der Waals surface area contributed by atoms with Gasteiger partial charge in [-0.1, -0.05) is 30.3 Å². The van der Waals surface area contributed by atoms with E-state index >= 15 is 0 Å². The number of nitrogens with zero attached hydrogens (tertiary/aromatic N) is 3. The van der Waals surface area contributed by atoms with E-state index < -0.39 is 15.5 Å². The van der Waals surface area contributed by atoms with Crippen LogP contribution in [0.2, 0.25) is 0 Å². The third kappa shape index (κ3) is 4.65. The zero-order valence-electron chi connectivity index (χ0n) is 21.6. The summed E-state index contributed by atoms with van der Waals surface area (Å²) in [5.74, 6) is -0.360. The Kier molecular flexibility index (Phi) is 6.71. The second kappa shape index (κ2) is 9.98. The molecule has 1 aromatic heterocycles. The zero-order valence-corrected chi connectivity index (χ0v) is 22.5. The first-order chi connectivity index (χ1) is 18.2. The Morgan fingerprint density at radius 1 is 0.921 bits per heavy atom. The van der Waals surface area contributed by atoms with Gasteiger partial charge in [0.25, 0.3) is 15.9 Å². The highest BCUT2D eigenvalue weighted by atomic mass is 32.2. The van der Waals surface area contributed by atoms with E-state index in [1.165, 1.54) is 29.7 Å². The lowest BCUT2D eigenvalue weighted by Gasteiger charge is -2.36. The molecule has 196 valence electrons. The highest BCUT2D eigenvalue weighted by Crippen LogP contribution is 2.27. The van der Waals surface area contributed by atoms with Crippen molar-refractivity contribution in [2.45, 2.75) is 18.7 Å². The van der Waals surface area contributed by atoms with Crippen molar-refractivity contribution in [3.8, 4) is 0 Å². The third-order valence-corrected chi connectivity index (χ3v) is 8.90. The Morgan fingerprint density at radius 2 is 1.63 bits per heavy atom. The minimum absolute atomic E-state index is 0.00286. The second-order valence-electron chi connectivity index (χ2n) is 9.62. The van der Waals surface area contributed by atoms with E-state index in [0.29, 0.717) is 37.4 Å². The van der Waals surface area contributed by atoms with Crippen LogP contribution in [0, 0.1) is 13.8 Å². The molecule has 9 heteroatoms. The summed E-state index contributed by atoms with van der Waals surface area (Å²) < 4.78 is 28.2. The van der Waals surface area contributed by atoms with Crippen LogP contribution < -0.4 is 14.6 Å². The van der Waals surface area contributed by atoms with Gasteiger partial charge in [0.15, 0.2) is 0 Å². The molecule has 38 heavy (non-hydrogen) atoms.